The Hall–Kier alpha value is -0.320. The van der Waals surface area contributed by atoms with Gasteiger partial charge in [-0.2, -0.15) is 8.42 Å². The Morgan fingerprint density at radius 1 is 1.27 bits per heavy atom. The number of hydrogen-bond acceptors (Lipinski definition) is 12. The Bertz CT molecular complexity index is 596. The molecule has 6 atom stereocenters. The van der Waals surface area contributed by atoms with E-state index >= 15 is 0 Å². The lowest BCUT2D eigenvalue weighted by atomic mass is 10.0. The van der Waals surface area contributed by atoms with Crippen molar-refractivity contribution in [2.45, 2.75) is 49.1 Å². The first kappa shape index (κ1) is 23.7. The molecule has 11 nitrogen and oxygen atoms in total. The van der Waals surface area contributed by atoms with Gasteiger partial charge in [-0.3, -0.25) is 8.49 Å². The van der Waals surface area contributed by atoms with Gasteiger partial charge in [0.15, 0.2) is 0 Å². The monoisotopic (exact) mass is 436 g/mol. The van der Waals surface area contributed by atoms with E-state index in [-0.39, 0.29) is 11.5 Å². The summed E-state index contributed by atoms with van der Waals surface area (Å²) >= 11 is 0.690. The third-order valence-corrected chi connectivity index (χ3v) is 5.70. The van der Waals surface area contributed by atoms with E-state index in [4.69, 9.17) is 9.84 Å². The summed E-state index contributed by atoms with van der Waals surface area (Å²) in [4.78, 5) is 0. The quantitative estimate of drug-likeness (QED) is 0.0771. The number of thioether (sulfide) groups is 1. The lowest BCUT2D eigenvalue weighted by Crippen LogP contribution is -2.57. The number of unbranched alkanes of at least 4 members (excludes halogenated alkanes) is 1. The second-order valence-electron chi connectivity index (χ2n) is 5.52. The van der Waals surface area contributed by atoms with Crippen LogP contribution < -0.4 is 0 Å². The molecule has 0 aromatic carbocycles. The molecule has 2 unspecified atom stereocenters. The van der Waals surface area contributed by atoms with Crippen LogP contribution in [0.25, 0.3) is 0 Å². The van der Waals surface area contributed by atoms with Crippen LogP contribution in [0.5, 0.6) is 0 Å². The molecule has 0 saturated carbocycles. The highest BCUT2D eigenvalue weighted by Gasteiger charge is 2.44. The maximum Gasteiger partial charge on any atom is 0.284 e. The molecule has 1 aliphatic rings. The molecule has 154 valence electrons. The summed E-state index contributed by atoms with van der Waals surface area (Å²) in [6.07, 6.45) is -3.21. The molecule has 14 heteroatoms. The summed E-state index contributed by atoms with van der Waals surface area (Å²) in [5, 5.41) is 41.9. The summed E-state index contributed by atoms with van der Waals surface area (Å²) in [6, 6.07) is 0. The number of ether oxygens (including phenoxy) is 1. The predicted molar refractivity (Wildman–Crippen MR) is 92.4 cm³/mol. The second kappa shape index (κ2) is 10.9. The Kier molecular flexibility index (Phi) is 9.92. The van der Waals surface area contributed by atoms with E-state index in [1.54, 1.807) is 0 Å². The first-order chi connectivity index (χ1) is 12.0. The Balaban J connectivity index is 2.80. The van der Waals surface area contributed by atoms with Gasteiger partial charge in [0, 0.05) is 22.8 Å². The summed E-state index contributed by atoms with van der Waals surface area (Å²) in [7, 11) is -6.09. The largest absolute Gasteiger partial charge is 0.714 e. The van der Waals surface area contributed by atoms with E-state index in [1.807, 2.05) is 0 Å². The molecular formula is C12H22NO10S3-. The zero-order chi connectivity index (χ0) is 19.9. The number of aliphatic hydroxyl groups excluding tert-OH is 4. The van der Waals surface area contributed by atoms with Gasteiger partial charge in [-0.25, -0.2) is 0 Å². The van der Waals surface area contributed by atoms with Crippen molar-refractivity contribution in [3.63, 3.8) is 0 Å². The van der Waals surface area contributed by atoms with Crippen molar-refractivity contribution >= 4 is 38.0 Å². The van der Waals surface area contributed by atoms with Gasteiger partial charge in [-0.15, -0.1) is 0 Å². The van der Waals surface area contributed by atoms with Crippen molar-refractivity contribution < 1.29 is 46.6 Å². The van der Waals surface area contributed by atoms with Crippen molar-refractivity contribution in [3.8, 4) is 0 Å². The molecule has 1 saturated heterocycles. The van der Waals surface area contributed by atoms with E-state index < -0.39 is 57.7 Å². The fourth-order valence-electron chi connectivity index (χ4n) is 2.09. The minimum Gasteiger partial charge on any atom is -0.714 e. The van der Waals surface area contributed by atoms with E-state index in [0.29, 0.717) is 30.4 Å². The van der Waals surface area contributed by atoms with Crippen LogP contribution >= 0.6 is 11.8 Å². The Morgan fingerprint density at radius 2 is 1.92 bits per heavy atom. The average Bonchev–Trinajstić information content (AvgIpc) is 2.55. The van der Waals surface area contributed by atoms with Gasteiger partial charge in [-0.05, 0) is 19.3 Å². The van der Waals surface area contributed by atoms with Gasteiger partial charge < -0.3 is 29.7 Å². The van der Waals surface area contributed by atoms with Gasteiger partial charge >= 0.3 is 0 Å². The van der Waals surface area contributed by atoms with Crippen molar-refractivity contribution in [1.29, 1.82) is 0 Å². The lowest BCUT2D eigenvalue weighted by Gasteiger charge is -2.39. The standard InChI is InChI=1S/C12H23NO10S3/c1-25(18)5-3-2-4-8(13-23-26(19,20)21)24-12-11(17)10(16)9(15)7(6-14)22-12/h7,9-12,14-17H,2-6H2,1H3,(H,19,20,21)/p-1/b13-8-/t7?,9-,10+,11?,12+,25-/m1/s1. The van der Waals surface area contributed by atoms with E-state index in [2.05, 4.69) is 9.44 Å². The molecule has 0 radical (unpaired) electrons. The van der Waals surface area contributed by atoms with Crippen LogP contribution in [-0.4, -0.2) is 91.1 Å². The topological polar surface area (TPSA) is 186 Å². The molecule has 0 bridgehead atoms. The molecule has 1 heterocycles. The maximum atomic E-state index is 11.0. The molecule has 1 aliphatic heterocycles. The van der Waals surface area contributed by atoms with Gasteiger partial charge in [0.05, 0.1) is 6.61 Å². The SMILES string of the molecule is C[S@@](=O)CCCC/C(=N/OS(=O)(=O)[O-])S[C@@H]1OC(CO)[C@@H](O)[C@H](O)C1O. The summed E-state index contributed by atoms with van der Waals surface area (Å²) in [6.45, 7) is -0.623. The third-order valence-electron chi connectivity index (χ3n) is 3.40. The number of nitrogens with zero attached hydrogens (tertiary/aromatic N) is 1. The van der Waals surface area contributed by atoms with Crippen molar-refractivity contribution in [2.75, 3.05) is 18.6 Å². The van der Waals surface area contributed by atoms with Crippen LogP contribution in [0, 0.1) is 0 Å². The number of rotatable bonds is 9. The van der Waals surface area contributed by atoms with Gasteiger partial charge in [-0.1, -0.05) is 16.9 Å². The summed E-state index contributed by atoms with van der Waals surface area (Å²) in [5.41, 5.74) is -1.19. The fourth-order valence-corrected chi connectivity index (χ4v) is 4.04. The predicted octanol–water partition coefficient (Wildman–Crippen LogP) is -2.14. The molecule has 0 aromatic heterocycles. The number of oxime groups is 1. The number of hydrogen-bond donors (Lipinski definition) is 4. The summed E-state index contributed by atoms with van der Waals surface area (Å²) < 4.78 is 51.9. The Morgan fingerprint density at radius 3 is 2.46 bits per heavy atom. The van der Waals surface area contributed by atoms with Crippen LogP contribution in [0.1, 0.15) is 19.3 Å². The number of aliphatic hydroxyl groups is 4. The summed E-state index contributed by atoms with van der Waals surface area (Å²) in [5.74, 6) is 0.415. The Labute approximate surface area is 157 Å². The zero-order valence-electron chi connectivity index (χ0n) is 13.8. The van der Waals surface area contributed by atoms with Crippen LogP contribution in [-0.2, 0) is 30.2 Å². The minimum atomic E-state index is -5.08. The van der Waals surface area contributed by atoms with Crippen molar-refractivity contribution in [2.24, 2.45) is 5.16 Å². The van der Waals surface area contributed by atoms with Gasteiger partial charge in [0.2, 0.25) is 0 Å². The highest BCUT2D eigenvalue weighted by Crippen LogP contribution is 2.30. The van der Waals surface area contributed by atoms with E-state index in [9.17, 15) is 32.5 Å². The molecule has 1 fully saturated rings. The highest BCUT2D eigenvalue weighted by atomic mass is 32.3. The molecule has 0 amide bonds. The maximum absolute atomic E-state index is 11.0. The van der Waals surface area contributed by atoms with Crippen LogP contribution in [0.4, 0.5) is 0 Å². The van der Waals surface area contributed by atoms with Crippen LogP contribution in [0.2, 0.25) is 0 Å². The highest BCUT2D eigenvalue weighted by molar-refractivity contribution is 8.14. The van der Waals surface area contributed by atoms with E-state index in [0.717, 1.165) is 0 Å². The molecule has 1 rings (SSSR count). The van der Waals surface area contributed by atoms with Gasteiger partial charge in [0.25, 0.3) is 10.4 Å². The van der Waals surface area contributed by atoms with Crippen molar-refractivity contribution in [1.82, 2.24) is 0 Å². The van der Waals surface area contributed by atoms with E-state index in [1.165, 1.54) is 6.26 Å². The first-order valence-electron chi connectivity index (χ1n) is 7.53. The lowest BCUT2D eigenvalue weighted by molar-refractivity contribution is -0.205. The molecule has 26 heavy (non-hydrogen) atoms. The molecule has 4 N–H and O–H groups in total. The smallest absolute Gasteiger partial charge is 0.284 e. The average molecular weight is 437 g/mol. The van der Waals surface area contributed by atoms with Crippen LogP contribution in [0.15, 0.2) is 5.16 Å². The normalized spacial score (nSPS) is 31.6. The first-order valence-corrected chi connectivity index (χ1v) is 11.5. The second-order valence-corrected chi connectivity index (χ2v) is 9.21. The third kappa shape index (κ3) is 8.14. The van der Waals surface area contributed by atoms with Crippen LogP contribution in [0.3, 0.4) is 0 Å². The van der Waals surface area contributed by atoms with Crippen molar-refractivity contribution in [3.05, 3.63) is 0 Å². The fraction of sp³-hybridized carbons (Fsp3) is 0.917. The minimum absolute atomic E-state index is 0.0179. The molecule has 0 aromatic rings. The molecule has 0 aliphatic carbocycles. The zero-order valence-corrected chi connectivity index (χ0v) is 16.3. The van der Waals surface area contributed by atoms with Gasteiger partial charge in [0.1, 0.15) is 34.9 Å². The molecule has 0 spiro atoms. The molecular weight excluding hydrogens is 414 g/mol.